The summed E-state index contributed by atoms with van der Waals surface area (Å²) < 4.78 is 0. The normalized spacial score (nSPS) is 12.4. The SMILES string of the molecule is Cc1ccnc(C(N)CCC(=O)O)c1. The number of rotatable bonds is 4. The van der Waals surface area contributed by atoms with E-state index in [0.29, 0.717) is 6.42 Å². The minimum absolute atomic E-state index is 0.0801. The Balaban J connectivity index is 2.60. The minimum Gasteiger partial charge on any atom is -0.481 e. The van der Waals surface area contributed by atoms with Gasteiger partial charge in [0.15, 0.2) is 0 Å². The molecule has 0 saturated carbocycles. The molecule has 4 heteroatoms. The first-order valence-electron chi connectivity index (χ1n) is 4.49. The number of carbonyl (C=O) groups is 1. The maximum Gasteiger partial charge on any atom is 0.303 e. The van der Waals surface area contributed by atoms with E-state index in [1.807, 2.05) is 19.1 Å². The summed E-state index contributed by atoms with van der Waals surface area (Å²) in [4.78, 5) is 14.4. The Morgan fingerprint density at radius 2 is 2.43 bits per heavy atom. The van der Waals surface area contributed by atoms with Crippen LogP contribution in [0.15, 0.2) is 18.3 Å². The van der Waals surface area contributed by atoms with Gasteiger partial charge in [0.1, 0.15) is 0 Å². The Morgan fingerprint density at radius 1 is 1.71 bits per heavy atom. The van der Waals surface area contributed by atoms with Gasteiger partial charge in [0.05, 0.1) is 5.69 Å². The molecule has 0 saturated heterocycles. The molecule has 0 fully saturated rings. The summed E-state index contributed by atoms with van der Waals surface area (Å²) in [7, 11) is 0. The molecule has 0 radical (unpaired) electrons. The standard InChI is InChI=1S/C10H14N2O2/c1-7-4-5-12-9(6-7)8(11)2-3-10(13)14/h4-6,8H,2-3,11H2,1H3,(H,13,14). The summed E-state index contributed by atoms with van der Waals surface area (Å²) in [6, 6.07) is 3.48. The van der Waals surface area contributed by atoms with Crippen LogP contribution in [0.5, 0.6) is 0 Å². The number of carboxylic acid groups (broad SMARTS) is 1. The van der Waals surface area contributed by atoms with Gasteiger partial charge in [0, 0.05) is 18.7 Å². The van der Waals surface area contributed by atoms with E-state index < -0.39 is 5.97 Å². The number of aliphatic carboxylic acids is 1. The van der Waals surface area contributed by atoms with E-state index in [2.05, 4.69) is 4.98 Å². The van der Waals surface area contributed by atoms with E-state index in [9.17, 15) is 4.79 Å². The fourth-order valence-corrected chi connectivity index (χ4v) is 1.19. The summed E-state index contributed by atoms with van der Waals surface area (Å²) in [5.74, 6) is -0.826. The van der Waals surface area contributed by atoms with Crippen LogP contribution in [0.2, 0.25) is 0 Å². The molecule has 0 bridgehead atoms. The zero-order valence-electron chi connectivity index (χ0n) is 8.10. The third kappa shape index (κ3) is 3.14. The van der Waals surface area contributed by atoms with Crippen molar-refractivity contribution in [2.24, 2.45) is 5.73 Å². The summed E-state index contributed by atoms with van der Waals surface area (Å²) in [6.07, 6.45) is 2.19. The highest BCUT2D eigenvalue weighted by Crippen LogP contribution is 2.13. The number of carboxylic acids is 1. The summed E-state index contributed by atoms with van der Waals surface area (Å²) in [5, 5.41) is 8.49. The first kappa shape index (κ1) is 10.7. The number of aromatic nitrogens is 1. The van der Waals surface area contributed by atoms with Crippen LogP contribution in [-0.4, -0.2) is 16.1 Å². The van der Waals surface area contributed by atoms with E-state index in [1.165, 1.54) is 0 Å². The molecule has 3 N–H and O–H groups in total. The predicted molar refractivity (Wildman–Crippen MR) is 52.8 cm³/mol. The van der Waals surface area contributed by atoms with Crippen LogP contribution in [0.25, 0.3) is 0 Å². The van der Waals surface area contributed by atoms with Crippen molar-refractivity contribution in [3.8, 4) is 0 Å². The molecular weight excluding hydrogens is 180 g/mol. The molecule has 0 aliphatic heterocycles. The Labute approximate surface area is 82.8 Å². The molecule has 1 rings (SSSR count). The quantitative estimate of drug-likeness (QED) is 0.756. The second kappa shape index (κ2) is 4.72. The van der Waals surface area contributed by atoms with Crippen LogP contribution in [0.3, 0.4) is 0 Å². The van der Waals surface area contributed by atoms with Crippen LogP contribution in [0.1, 0.15) is 30.1 Å². The molecule has 14 heavy (non-hydrogen) atoms. The van der Waals surface area contributed by atoms with E-state index in [0.717, 1.165) is 11.3 Å². The first-order chi connectivity index (χ1) is 6.59. The van der Waals surface area contributed by atoms with Gasteiger partial charge in [-0.05, 0) is 31.0 Å². The van der Waals surface area contributed by atoms with Crippen LogP contribution in [-0.2, 0) is 4.79 Å². The molecule has 0 amide bonds. The number of hydrogen-bond donors (Lipinski definition) is 2. The smallest absolute Gasteiger partial charge is 0.303 e. The monoisotopic (exact) mass is 194 g/mol. The highest BCUT2D eigenvalue weighted by molar-refractivity contribution is 5.66. The van der Waals surface area contributed by atoms with Crippen LogP contribution in [0.4, 0.5) is 0 Å². The van der Waals surface area contributed by atoms with Crippen molar-refractivity contribution >= 4 is 5.97 Å². The fraction of sp³-hybridized carbons (Fsp3) is 0.400. The summed E-state index contributed by atoms with van der Waals surface area (Å²) in [6.45, 7) is 1.95. The van der Waals surface area contributed by atoms with Gasteiger partial charge in [-0.2, -0.15) is 0 Å². The Morgan fingerprint density at radius 3 is 3.00 bits per heavy atom. The van der Waals surface area contributed by atoms with Gasteiger partial charge in [-0.1, -0.05) is 0 Å². The van der Waals surface area contributed by atoms with Crippen molar-refractivity contribution in [1.82, 2.24) is 4.98 Å². The van der Waals surface area contributed by atoms with Crippen LogP contribution >= 0.6 is 0 Å². The molecule has 1 aromatic heterocycles. The van der Waals surface area contributed by atoms with Crippen molar-refractivity contribution in [2.75, 3.05) is 0 Å². The Bertz CT molecular complexity index is 326. The van der Waals surface area contributed by atoms with Crippen molar-refractivity contribution in [3.63, 3.8) is 0 Å². The average molecular weight is 194 g/mol. The second-order valence-electron chi connectivity index (χ2n) is 3.30. The summed E-state index contributed by atoms with van der Waals surface area (Å²) in [5.41, 5.74) is 7.63. The third-order valence-electron chi connectivity index (χ3n) is 1.99. The molecule has 1 heterocycles. The van der Waals surface area contributed by atoms with Crippen molar-refractivity contribution < 1.29 is 9.90 Å². The molecule has 0 spiro atoms. The van der Waals surface area contributed by atoms with Crippen molar-refractivity contribution in [3.05, 3.63) is 29.6 Å². The van der Waals surface area contributed by atoms with Crippen molar-refractivity contribution in [2.45, 2.75) is 25.8 Å². The maximum atomic E-state index is 10.3. The van der Waals surface area contributed by atoms with E-state index in [-0.39, 0.29) is 12.5 Å². The fourth-order valence-electron chi connectivity index (χ4n) is 1.19. The van der Waals surface area contributed by atoms with E-state index >= 15 is 0 Å². The average Bonchev–Trinajstić information content (AvgIpc) is 2.14. The highest BCUT2D eigenvalue weighted by Gasteiger charge is 2.09. The molecule has 0 aromatic carbocycles. The topological polar surface area (TPSA) is 76.2 Å². The number of pyridine rings is 1. The lowest BCUT2D eigenvalue weighted by Gasteiger charge is -2.09. The molecule has 1 aromatic rings. The first-order valence-corrected chi connectivity index (χ1v) is 4.49. The van der Waals surface area contributed by atoms with Gasteiger partial charge in [0.2, 0.25) is 0 Å². The molecule has 76 valence electrons. The van der Waals surface area contributed by atoms with Gasteiger partial charge in [-0.3, -0.25) is 9.78 Å². The number of hydrogen-bond acceptors (Lipinski definition) is 3. The Hall–Kier alpha value is -1.42. The second-order valence-corrected chi connectivity index (χ2v) is 3.30. The number of nitrogens with two attached hydrogens (primary N) is 1. The predicted octanol–water partition coefficient (Wildman–Crippen LogP) is 1.25. The minimum atomic E-state index is -0.826. The largest absolute Gasteiger partial charge is 0.481 e. The van der Waals surface area contributed by atoms with Gasteiger partial charge < -0.3 is 10.8 Å². The van der Waals surface area contributed by atoms with Gasteiger partial charge in [-0.25, -0.2) is 0 Å². The van der Waals surface area contributed by atoms with Gasteiger partial charge in [-0.15, -0.1) is 0 Å². The van der Waals surface area contributed by atoms with Crippen molar-refractivity contribution in [1.29, 1.82) is 0 Å². The van der Waals surface area contributed by atoms with E-state index in [4.69, 9.17) is 10.8 Å². The lowest BCUT2D eigenvalue weighted by atomic mass is 10.1. The molecule has 1 unspecified atom stereocenters. The molecule has 4 nitrogen and oxygen atoms in total. The van der Waals surface area contributed by atoms with Gasteiger partial charge >= 0.3 is 5.97 Å². The zero-order valence-corrected chi connectivity index (χ0v) is 8.10. The maximum absolute atomic E-state index is 10.3. The molecule has 1 atom stereocenters. The highest BCUT2D eigenvalue weighted by atomic mass is 16.4. The van der Waals surface area contributed by atoms with Gasteiger partial charge in [0.25, 0.3) is 0 Å². The molecule has 0 aliphatic rings. The Kier molecular flexibility index (Phi) is 3.59. The third-order valence-corrected chi connectivity index (χ3v) is 1.99. The number of aryl methyl sites for hydroxylation is 1. The van der Waals surface area contributed by atoms with Crippen LogP contribution < -0.4 is 5.73 Å². The molecular formula is C10H14N2O2. The lowest BCUT2D eigenvalue weighted by Crippen LogP contribution is -2.13. The number of nitrogens with zero attached hydrogens (tertiary/aromatic N) is 1. The van der Waals surface area contributed by atoms with E-state index in [1.54, 1.807) is 6.20 Å². The zero-order chi connectivity index (χ0) is 10.6. The van der Waals surface area contributed by atoms with Crippen LogP contribution in [0, 0.1) is 6.92 Å². The molecule has 0 aliphatic carbocycles. The summed E-state index contributed by atoms with van der Waals surface area (Å²) >= 11 is 0. The lowest BCUT2D eigenvalue weighted by molar-refractivity contribution is -0.137.